The molecule has 0 unspecified atom stereocenters. The standard InChI is InChI=1S/C26H26N4O2S/c1-19-9-6-7-12-22(19)26(32)27-15-14-24(31)29(2)17-20-18-30(21-10-4-3-5-11-21)28-25(20)23-13-8-16-33-23/h3-13,16,18H,14-15,17H2,1-2H3,(H,27,32). The van der Waals surface area contributed by atoms with Gasteiger partial charge in [0.15, 0.2) is 0 Å². The fraction of sp³-hybridized carbons (Fsp3) is 0.192. The maximum Gasteiger partial charge on any atom is 0.251 e. The first kappa shape index (κ1) is 22.5. The predicted molar refractivity (Wildman–Crippen MR) is 131 cm³/mol. The minimum atomic E-state index is -0.160. The van der Waals surface area contributed by atoms with Gasteiger partial charge in [-0.25, -0.2) is 4.68 Å². The van der Waals surface area contributed by atoms with Crippen molar-refractivity contribution in [2.24, 2.45) is 0 Å². The quantitative estimate of drug-likeness (QED) is 0.417. The molecule has 6 nitrogen and oxygen atoms in total. The molecule has 0 atom stereocenters. The molecule has 0 aliphatic rings. The second-order valence-electron chi connectivity index (χ2n) is 7.83. The van der Waals surface area contributed by atoms with Crippen LogP contribution in [0.15, 0.2) is 78.3 Å². The highest BCUT2D eigenvalue weighted by Crippen LogP contribution is 2.28. The minimum Gasteiger partial charge on any atom is -0.352 e. The third-order valence-corrected chi connectivity index (χ3v) is 6.29. The monoisotopic (exact) mass is 458 g/mol. The molecule has 2 amide bonds. The number of carbonyl (C=O) groups is 2. The third-order valence-electron chi connectivity index (χ3n) is 5.41. The Kier molecular flexibility index (Phi) is 7.00. The third kappa shape index (κ3) is 5.38. The summed E-state index contributed by atoms with van der Waals surface area (Å²) in [7, 11) is 1.78. The molecule has 0 radical (unpaired) electrons. The molecule has 0 saturated heterocycles. The molecule has 0 spiro atoms. The van der Waals surface area contributed by atoms with Crippen LogP contribution in [-0.2, 0) is 11.3 Å². The van der Waals surface area contributed by atoms with E-state index in [2.05, 4.69) is 5.32 Å². The number of para-hydroxylation sites is 1. The summed E-state index contributed by atoms with van der Waals surface area (Å²) in [5, 5.41) is 9.66. The van der Waals surface area contributed by atoms with Crippen molar-refractivity contribution >= 4 is 23.2 Å². The summed E-state index contributed by atoms with van der Waals surface area (Å²) in [5.41, 5.74) is 4.36. The predicted octanol–water partition coefficient (Wildman–Crippen LogP) is 4.69. The number of aryl methyl sites for hydroxylation is 1. The Morgan fingerprint density at radius 2 is 1.79 bits per heavy atom. The average Bonchev–Trinajstić information content (AvgIpc) is 3.50. The Labute approximate surface area is 197 Å². The maximum atomic E-state index is 12.8. The molecule has 4 rings (SSSR count). The van der Waals surface area contributed by atoms with Crippen molar-refractivity contribution in [2.45, 2.75) is 19.9 Å². The van der Waals surface area contributed by atoms with Crippen molar-refractivity contribution < 1.29 is 9.59 Å². The molecular weight excluding hydrogens is 432 g/mol. The van der Waals surface area contributed by atoms with Crippen molar-refractivity contribution in [1.29, 1.82) is 0 Å². The maximum absolute atomic E-state index is 12.8. The molecule has 2 aromatic heterocycles. The van der Waals surface area contributed by atoms with Gasteiger partial charge in [-0.3, -0.25) is 9.59 Å². The van der Waals surface area contributed by atoms with Gasteiger partial charge >= 0.3 is 0 Å². The van der Waals surface area contributed by atoms with E-state index in [1.54, 1.807) is 29.4 Å². The second-order valence-corrected chi connectivity index (χ2v) is 8.78. The first-order chi connectivity index (χ1) is 16.0. The van der Waals surface area contributed by atoms with Crippen LogP contribution in [0.5, 0.6) is 0 Å². The van der Waals surface area contributed by atoms with Gasteiger partial charge in [0.25, 0.3) is 5.91 Å². The number of carbonyl (C=O) groups excluding carboxylic acids is 2. The fourth-order valence-electron chi connectivity index (χ4n) is 3.60. The highest BCUT2D eigenvalue weighted by molar-refractivity contribution is 7.13. The zero-order valence-corrected chi connectivity index (χ0v) is 19.5. The van der Waals surface area contributed by atoms with Gasteiger partial charge in [-0.2, -0.15) is 5.10 Å². The number of hydrogen-bond donors (Lipinski definition) is 1. The summed E-state index contributed by atoms with van der Waals surface area (Å²) in [5.74, 6) is -0.197. The Bertz CT molecular complexity index is 1230. The van der Waals surface area contributed by atoms with E-state index < -0.39 is 0 Å². The Morgan fingerprint density at radius 3 is 2.52 bits per heavy atom. The highest BCUT2D eigenvalue weighted by Gasteiger charge is 2.18. The fourth-order valence-corrected chi connectivity index (χ4v) is 4.34. The summed E-state index contributed by atoms with van der Waals surface area (Å²) in [6.07, 6.45) is 2.21. The van der Waals surface area contributed by atoms with Crippen LogP contribution in [0.1, 0.15) is 27.9 Å². The largest absolute Gasteiger partial charge is 0.352 e. The smallest absolute Gasteiger partial charge is 0.251 e. The van der Waals surface area contributed by atoms with E-state index in [0.717, 1.165) is 27.4 Å². The molecule has 2 aromatic carbocycles. The number of thiophene rings is 1. The van der Waals surface area contributed by atoms with E-state index in [0.29, 0.717) is 12.1 Å². The van der Waals surface area contributed by atoms with Crippen LogP contribution in [-0.4, -0.2) is 40.1 Å². The summed E-state index contributed by atoms with van der Waals surface area (Å²) in [6.45, 7) is 2.62. The Hall–Kier alpha value is -3.71. The van der Waals surface area contributed by atoms with Crippen LogP contribution in [0.4, 0.5) is 0 Å². The van der Waals surface area contributed by atoms with E-state index >= 15 is 0 Å². The van der Waals surface area contributed by atoms with Crippen LogP contribution >= 0.6 is 11.3 Å². The first-order valence-electron chi connectivity index (χ1n) is 10.8. The number of benzene rings is 2. The molecule has 7 heteroatoms. The molecular formula is C26H26N4O2S. The van der Waals surface area contributed by atoms with Gasteiger partial charge in [-0.15, -0.1) is 11.3 Å². The van der Waals surface area contributed by atoms with Gasteiger partial charge in [0.05, 0.1) is 10.6 Å². The van der Waals surface area contributed by atoms with E-state index in [-0.39, 0.29) is 24.8 Å². The molecule has 2 heterocycles. The molecule has 0 aliphatic carbocycles. The minimum absolute atomic E-state index is 0.0373. The lowest BCUT2D eigenvalue weighted by molar-refractivity contribution is -0.130. The zero-order chi connectivity index (χ0) is 23.2. The van der Waals surface area contributed by atoms with E-state index in [4.69, 9.17) is 5.10 Å². The number of nitrogens with one attached hydrogen (secondary N) is 1. The van der Waals surface area contributed by atoms with Gasteiger partial charge in [-0.05, 0) is 42.1 Å². The normalized spacial score (nSPS) is 10.7. The van der Waals surface area contributed by atoms with Crippen molar-refractivity contribution in [3.05, 3.63) is 95.0 Å². The topological polar surface area (TPSA) is 67.2 Å². The lowest BCUT2D eigenvalue weighted by Crippen LogP contribution is -2.32. The molecule has 33 heavy (non-hydrogen) atoms. The molecule has 168 valence electrons. The number of amides is 2. The zero-order valence-electron chi connectivity index (χ0n) is 18.7. The molecule has 0 fully saturated rings. The first-order valence-corrected chi connectivity index (χ1v) is 11.7. The molecule has 4 aromatic rings. The van der Waals surface area contributed by atoms with Gasteiger partial charge in [0.2, 0.25) is 5.91 Å². The van der Waals surface area contributed by atoms with Crippen molar-refractivity contribution in [2.75, 3.05) is 13.6 Å². The number of hydrogen-bond acceptors (Lipinski definition) is 4. The van der Waals surface area contributed by atoms with Crippen molar-refractivity contribution in [1.82, 2.24) is 20.0 Å². The number of nitrogens with zero attached hydrogens (tertiary/aromatic N) is 3. The van der Waals surface area contributed by atoms with Gasteiger partial charge in [0, 0.05) is 43.9 Å². The van der Waals surface area contributed by atoms with E-state index in [1.807, 2.05) is 83.8 Å². The van der Waals surface area contributed by atoms with E-state index in [1.165, 1.54) is 0 Å². The lowest BCUT2D eigenvalue weighted by atomic mass is 10.1. The summed E-state index contributed by atoms with van der Waals surface area (Å²) >= 11 is 1.62. The van der Waals surface area contributed by atoms with Crippen LogP contribution in [0.25, 0.3) is 16.3 Å². The van der Waals surface area contributed by atoms with Gasteiger partial charge in [-0.1, -0.05) is 42.5 Å². The van der Waals surface area contributed by atoms with Gasteiger partial charge < -0.3 is 10.2 Å². The van der Waals surface area contributed by atoms with Crippen molar-refractivity contribution in [3.63, 3.8) is 0 Å². The average molecular weight is 459 g/mol. The van der Waals surface area contributed by atoms with E-state index in [9.17, 15) is 9.59 Å². The molecule has 0 aliphatic heterocycles. The molecule has 0 bridgehead atoms. The molecule has 0 saturated carbocycles. The van der Waals surface area contributed by atoms with Crippen LogP contribution in [0, 0.1) is 6.92 Å². The molecule has 1 N–H and O–H groups in total. The summed E-state index contributed by atoms with van der Waals surface area (Å²) in [6, 6.07) is 21.4. The lowest BCUT2D eigenvalue weighted by Gasteiger charge is -2.17. The Balaban J connectivity index is 1.41. The summed E-state index contributed by atoms with van der Waals surface area (Å²) < 4.78 is 1.85. The van der Waals surface area contributed by atoms with Crippen LogP contribution in [0.3, 0.4) is 0 Å². The van der Waals surface area contributed by atoms with Crippen LogP contribution in [0.2, 0.25) is 0 Å². The highest BCUT2D eigenvalue weighted by atomic mass is 32.1. The second kappa shape index (κ2) is 10.3. The SMILES string of the molecule is Cc1ccccc1C(=O)NCCC(=O)N(C)Cc1cn(-c2ccccc2)nc1-c1cccs1. The summed E-state index contributed by atoms with van der Waals surface area (Å²) in [4.78, 5) is 27.9. The number of aromatic nitrogens is 2. The number of rotatable bonds is 8. The Morgan fingerprint density at radius 1 is 1.03 bits per heavy atom. The van der Waals surface area contributed by atoms with Gasteiger partial charge in [0.1, 0.15) is 5.69 Å². The van der Waals surface area contributed by atoms with Crippen molar-refractivity contribution in [3.8, 4) is 16.3 Å². The van der Waals surface area contributed by atoms with Crippen LogP contribution < -0.4 is 5.32 Å².